The normalized spacial score (nSPS) is 11.5. The second-order valence-electron chi connectivity index (χ2n) is 7.56. The maximum atomic E-state index is 13.7. The third-order valence-electron chi connectivity index (χ3n) is 5.08. The molecule has 1 atom stereocenters. The highest BCUT2D eigenvalue weighted by Crippen LogP contribution is 2.31. The van der Waals surface area contributed by atoms with Crippen LogP contribution < -0.4 is 10.2 Å². The third kappa shape index (κ3) is 5.12. The van der Waals surface area contributed by atoms with Gasteiger partial charge in [-0.1, -0.05) is 24.3 Å². The van der Waals surface area contributed by atoms with Gasteiger partial charge < -0.3 is 5.32 Å². The summed E-state index contributed by atoms with van der Waals surface area (Å²) in [5.74, 6) is -2.07. The van der Waals surface area contributed by atoms with Crippen LogP contribution in [0.5, 0.6) is 0 Å². The lowest BCUT2D eigenvalue weighted by Gasteiger charge is -2.31. The first-order valence-corrected chi connectivity index (χ1v) is 10.4. The predicted molar refractivity (Wildman–Crippen MR) is 124 cm³/mol. The number of hydrogen-bond acceptors (Lipinski definition) is 4. The molecule has 1 unspecified atom stereocenters. The molecule has 0 radical (unpaired) electrons. The summed E-state index contributed by atoms with van der Waals surface area (Å²) >= 11 is 0. The predicted octanol–water partition coefficient (Wildman–Crippen LogP) is 5.09. The molecule has 4 aromatic rings. The number of rotatable bonds is 6. The lowest BCUT2D eigenvalue weighted by Crippen LogP contribution is -2.42. The summed E-state index contributed by atoms with van der Waals surface area (Å²) in [6, 6.07) is 16.5. The molecule has 34 heavy (non-hydrogen) atoms. The van der Waals surface area contributed by atoms with Crippen LogP contribution in [0.3, 0.4) is 0 Å². The van der Waals surface area contributed by atoms with Gasteiger partial charge in [0.2, 0.25) is 0 Å². The van der Waals surface area contributed by atoms with E-state index in [9.17, 15) is 18.4 Å². The van der Waals surface area contributed by atoms with Gasteiger partial charge in [0.25, 0.3) is 11.8 Å². The van der Waals surface area contributed by atoms with Crippen molar-refractivity contribution < 1.29 is 18.4 Å². The van der Waals surface area contributed by atoms with Crippen molar-refractivity contribution in [3.8, 4) is 0 Å². The third-order valence-corrected chi connectivity index (χ3v) is 5.08. The molecule has 0 aliphatic carbocycles. The molecule has 8 heteroatoms. The Morgan fingerprint density at radius 1 is 0.912 bits per heavy atom. The highest BCUT2D eigenvalue weighted by molar-refractivity contribution is 6.11. The zero-order valence-corrected chi connectivity index (χ0v) is 18.2. The molecule has 0 saturated heterocycles. The Morgan fingerprint density at radius 3 is 2.21 bits per heavy atom. The maximum absolute atomic E-state index is 13.7. The Labute approximate surface area is 194 Å². The molecule has 3 aromatic carbocycles. The molecule has 0 aliphatic rings. The van der Waals surface area contributed by atoms with Gasteiger partial charge in [-0.2, -0.15) is 0 Å². The van der Waals surface area contributed by atoms with Crippen LogP contribution in [0.15, 0.2) is 91.4 Å². The largest absolute Gasteiger partial charge is 0.324 e. The highest BCUT2D eigenvalue weighted by Gasteiger charge is 2.34. The molecular formula is C26H20F2N4O2. The number of nitrogens with one attached hydrogen (secondary N) is 1. The Kier molecular flexibility index (Phi) is 6.68. The summed E-state index contributed by atoms with van der Waals surface area (Å²) in [7, 11) is 0. The molecule has 170 valence electrons. The van der Waals surface area contributed by atoms with E-state index in [1.165, 1.54) is 72.0 Å². The highest BCUT2D eigenvalue weighted by atomic mass is 19.1. The van der Waals surface area contributed by atoms with Crippen molar-refractivity contribution >= 4 is 23.2 Å². The topological polar surface area (TPSA) is 75.2 Å². The van der Waals surface area contributed by atoms with Crippen molar-refractivity contribution in [3.63, 3.8) is 0 Å². The Morgan fingerprint density at radius 2 is 1.59 bits per heavy atom. The average Bonchev–Trinajstić information content (AvgIpc) is 2.85. The summed E-state index contributed by atoms with van der Waals surface area (Å²) in [6.07, 6.45) is 4.13. The zero-order chi connectivity index (χ0) is 24.1. The van der Waals surface area contributed by atoms with Gasteiger partial charge in [-0.3, -0.25) is 19.5 Å². The summed E-state index contributed by atoms with van der Waals surface area (Å²) in [6.45, 7) is 1.86. The Balaban J connectivity index is 1.84. The molecule has 4 rings (SSSR count). The SMILES string of the molecule is Cc1cccc(N(C(=O)c2cnccn2)C(C(=O)Nc2ccc(F)cc2)c2ccc(F)cc2)c1. The molecule has 2 amide bonds. The van der Waals surface area contributed by atoms with Crippen LogP contribution in [0.4, 0.5) is 20.2 Å². The molecule has 1 heterocycles. The molecule has 1 aromatic heterocycles. The van der Waals surface area contributed by atoms with Gasteiger partial charge in [-0.15, -0.1) is 0 Å². The number of amides is 2. The molecule has 0 bridgehead atoms. The van der Waals surface area contributed by atoms with E-state index in [0.29, 0.717) is 16.9 Å². The molecule has 0 spiro atoms. The maximum Gasteiger partial charge on any atom is 0.279 e. The van der Waals surface area contributed by atoms with Gasteiger partial charge in [-0.05, 0) is 66.6 Å². The summed E-state index contributed by atoms with van der Waals surface area (Å²) < 4.78 is 27.1. The van der Waals surface area contributed by atoms with Gasteiger partial charge in [0.15, 0.2) is 0 Å². The minimum Gasteiger partial charge on any atom is -0.324 e. The van der Waals surface area contributed by atoms with E-state index in [0.717, 1.165) is 5.56 Å². The van der Waals surface area contributed by atoms with Gasteiger partial charge in [0, 0.05) is 23.8 Å². The number of anilines is 2. The number of nitrogens with zero attached hydrogens (tertiary/aromatic N) is 3. The molecule has 0 fully saturated rings. The van der Waals surface area contributed by atoms with Crippen LogP contribution in [-0.4, -0.2) is 21.8 Å². The minimum atomic E-state index is -1.19. The number of carbonyl (C=O) groups is 2. The summed E-state index contributed by atoms with van der Waals surface area (Å²) in [5.41, 5.74) is 2.06. The van der Waals surface area contributed by atoms with Gasteiger partial charge in [-0.25, -0.2) is 13.8 Å². The Bertz CT molecular complexity index is 1300. The van der Waals surface area contributed by atoms with Crippen LogP contribution in [0.2, 0.25) is 0 Å². The number of benzene rings is 3. The molecule has 0 saturated carbocycles. The van der Waals surface area contributed by atoms with E-state index >= 15 is 0 Å². The lowest BCUT2D eigenvalue weighted by molar-refractivity contribution is -0.117. The van der Waals surface area contributed by atoms with E-state index in [1.807, 2.05) is 13.0 Å². The smallest absolute Gasteiger partial charge is 0.279 e. The van der Waals surface area contributed by atoms with Gasteiger partial charge in [0.05, 0.1) is 6.20 Å². The van der Waals surface area contributed by atoms with E-state index < -0.39 is 29.5 Å². The van der Waals surface area contributed by atoms with Crippen molar-refractivity contribution in [2.75, 3.05) is 10.2 Å². The van der Waals surface area contributed by atoms with Crippen LogP contribution >= 0.6 is 0 Å². The molecule has 1 N–H and O–H groups in total. The van der Waals surface area contributed by atoms with Crippen LogP contribution in [0.25, 0.3) is 0 Å². The number of aromatic nitrogens is 2. The lowest BCUT2D eigenvalue weighted by atomic mass is 10.0. The second-order valence-corrected chi connectivity index (χ2v) is 7.56. The second kappa shape index (κ2) is 9.99. The van der Waals surface area contributed by atoms with E-state index in [-0.39, 0.29) is 5.69 Å². The molecule has 0 aliphatic heterocycles. The van der Waals surface area contributed by atoms with Crippen molar-refractivity contribution in [2.45, 2.75) is 13.0 Å². The minimum absolute atomic E-state index is 0.0331. The van der Waals surface area contributed by atoms with Crippen LogP contribution in [-0.2, 0) is 4.79 Å². The first kappa shape index (κ1) is 22.7. The molecular weight excluding hydrogens is 438 g/mol. The first-order valence-electron chi connectivity index (χ1n) is 10.4. The standard InChI is InChI=1S/C26H20F2N4O2/c1-17-3-2-4-22(15-17)32(26(34)23-16-29-13-14-30-23)24(18-5-7-19(27)8-6-18)25(33)31-21-11-9-20(28)10-12-21/h2-16,24H,1H3,(H,31,33). The number of carbonyl (C=O) groups excluding carboxylic acids is 2. The zero-order valence-electron chi connectivity index (χ0n) is 18.2. The van der Waals surface area contributed by atoms with Crippen LogP contribution in [0, 0.1) is 18.6 Å². The van der Waals surface area contributed by atoms with E-state index in [2.05, 4.69) is 15.3 Å². The van der Waals surface area contributed by atoms with Crippen LogP contribution in [0.1, 0.15) is 27.7 Å². The Hall–Kier alpha value is -4.46. The van der Waals surface area contributed by atoms with Crippen molar-refractivity contribution in [3.05, 3.63) is 120 Å². The van der Waals surface area contributed by atoms with Crippen molar-refractivity contribution in [1.82, 2.24) is 9.97 Å². The quantitative estimate of drug-likeness (QED) is 0.437. The fourth-order valence-electron chi connectivity index (χ4n) is 3.50. The number of halogens is 2. The fraction of sp³-hybridized carbons (Fsp3) is 0.0769. The average molecular weight is 458 g/mol. The van der Waals surface area contributed by atoms with Gasteiger partial charge >= 0.3 is 0 Å². The van der Waals surface area contributed by atoms with Gasteiger partial charge in [0.1, 0.15) is 23.4 Å². The van der Waals surface area contributed by atoms with E-state index in [4.69, 9.17) is 0 Å². The monoisotopic (exact) mass is 458 g/mol. The summed E-state index contributed by atoms with van der Waals surface area (Å²) in [4.78, 5) is 36.6. The summed E-state index contributed by atoms with van der Waals surface area (Å²) in [5, 5.41) is 2.72. The van der Waals surface area contributed by atoms with E-state index in [1.54, 1.807) is 18.2 Å². The first-order chi connectivity index (χ1) is 16.4. The number of aryl methyl sites for hydroxylation is 1. The fourth-order valence-corrected chi connectivity index (χ4v) is 3.50. The van der Waals surface area contributed by atoms with Crippen molar-refractivity contribution in [1.29, 1.82) is 0 Å². The molecule has 6 nitrogen and oxygen atoms in total. The van der Waals surface area contributed by atoms with Crippen molar-refractivity contribution in [2.24, 2.45) is 0 Å². The number of hydrogen-bond donors (Lipinski definition) is 1.